The van der Waals surface area contributed by atoms with Gasteiger partial charge in [0.1, 0.15) is 11.5 Å². The Morgan fingerprint density at radius 1 is 1.04 bits per heavy atom. The highest BCUT2D eigenvalue weighted by atomic mass is 16.5. The first-order valence-electron chi connectivity index (χ1n) is 7.95. The third-order valence-corrected chi connectivity index (χ3v) is 3.26. The highest BCUT2D eigenvalue weighted by molar-refractivity contribution is 5.97. The molecule has 6 nitrogen and oxygen atoms in total. The number of methoxy groups -OCH3 is 1. The molecule has 0 aliphatic carbocycles. The number of ether oxygens (including phenoxy) is 2. The van der Waals surface area contributed by atoms with Crippen LogP contribution >= 0.6 is 0 Å². The van der Waals surface area contributed by atoms with Crippen LogP contribution in [0.5, 0.6) is 11.5 Å². The molecule has 132 valence electrons. The standard InChI is InChI=1S/C19H22N2O4/c1-13(2)20-19(23)14-5-4-6-15(11-14)21-18(22)12-25-17-9-7-16(24-3)8-10-17/h4-11,13H,12H2,1-3H3,(H,20,23)(H,21,22). The van der Waals surface area contributed by atoms with Gasteiger partial charge in [-0.1, -0.05) is 6.07 Å². The maximum absolute atomic E-state index is 12.0. The lowest BCUT2D eigenvalue weighted by Crippen LogP contribution is -2.30. The second-order valence-corrected chi connectivity index (χ2v) is 5.72. The van der Waals surface area contributed by atoms with E-state index in [0.29, 0.717) is 22.7 Å². The minimum atomic E-state index is -0.308. The summed E-state index contributed by atoms with van der Waals surface area (Å²) in [4.78, 5) is 24.0. The van der Waals surface area contributed by atoms with Crippen LogP contribution in [0.1, 0.15) is 24.2 Å². The summed E-state index contributed by atoms with van der Waals surface area (Å²) in [6.07, 6.45) is 0. The molecule has 2 amide bonds. The van der Waals surface area contributed by atoms with E-state index in [1.807, 2.05) is 13.8 Å². The Hall–Kier alpha value is -3.02. The van der Waals surface area contributed by atoms with Crippen molar-refractivity contribution < 1.29 is 19.1 Å². The van der Waals surface area contributed by atoms with E-state index in [-0.39, 0.29) is 24.5 Å². The van der Waals surface area contributed by atoms with E-state index in [1.165, 1.54) is 0 Å². The largest absolute Gasteiger partial charge is 0.497 e. The van der Waals surface area contributed by atoms with Gasteiger partial charge in [-0.2, -0.15) is 0 Å². The van der Waals surface area contributed by atoms with Gasteiger partial charge in [-0.15, -0.1) is 0 Å². The monoisotopic (exact) mass is 342 g/mol. The lowest BCUT2D eigenvalue weighted by Gasteiger charge is -2.11. The zero-order chi connectivity index (χ0) is 18.2. The Labute approximate surface area is 147 Å². The van der Waals surface area contributed by atoms with Crippen molar-refractivity contribution in [1.29, 1.82) is 0 Å². The van der Waals surface area contributed by atoms with Crippen LogP contribution in [0.25, 0.3) is 0 Å². The number of rotatable bonds is 7. The molecule has 25 heavy (non-hydrogen) atoms. The first-order valence-corrected chi connectivity index (χ1v) is 7.95. The molecule has 0 saturated carbocycles. The fraction of sp³-hybridized carbons (Fsp3) is 0.263. The van der Waals surface area contributed by atoms with Gasteiger partial charge in [-0.05, 0) is 56.3 Å². The van der Waals surface area contributed by atoms with Gasteiger partial charge in [0.25, 0.3) is 11.8 Å². The molecule has 0 aliphatic heterocycles. The van der Waals surface area contributed by atoms with Crippen molar-refractivity contribution in [2.75, 3.05) is 19.0 Å². The minimum Gasteiger partial charge on any atom is -0.497 e. The molecule has 6 heteroatoms. The second kappa shape index (κ2) is 8.73. The van der Waals surface area contributed by atoms with Crippen molar-refractivity contribution in [3.63, 3.8) is 0 Å². The maximum atomic E-state index is 12.0. The quantitative estimate of drug-likeness (QED) is 0.811. The summed E-state index contributed by atoms with van der Waals surface area (Å²) in [5, 5.41) is 5.52. The summed E-state index contributed by atoms with van der Waals surface area (Å²) in [6.45, 7) is 3.65. The van der Waals surface area contributed by atoms with Gasteiger partial charge in [-0.3, -0.25) is 9.59 Å². The smallest absolute Gasteiger partial charge is 0.262 e. The molecule has 2 N–H and O–H groups in total. The van der Waals surface area contributed by atoms with Crippen molar-refractivity contribution >= 4 is 17.5 Å². The lowest BCUT2D eigenvalue weighted by molar-refractivity contribution is -0.118. The van der Waals surface area contributed by atoms with Crippen LogP contribution in [0.2, 0.25) is 0 Å². The number of hydrogen-bond acceptors (Lipinski definition) is 4. The Morgan fingerprint density at radius 3 is 2.36 bits per heavy atom. The van der Waals surface area contributed by atoms with E-state index in [4.69, 9.17) is 9.47 Å². The van der Waals surface area contributed by atoms with E-state index in [1.54, 1.807) is 55.6 Å². The number of carbonyl (C=O) groups excluding carboxylic acids is 2. The van der Waals surface area contributed by atoms with Crippen molar-refractivity contribution in [3.8, 4) is 11.5 Å². The Kier molecular flexibility index (Phi) is 6.39. The summed E-state index contributed by atoms with van der Waals surface area (Å²) in [7, 11) is 1.58. The Morgan fingerprint density at radius 2 is 1.72 bits per heavy atom. The van der Waals surface area contributed by atoms with Gasteiger partial charge in [-0.25, -0.2) is 0 Å². The van der Waals surface area contributed by atoms with Crippen LogP contribution in [0.15, 0.2) is 48.5 Å². The highest BCUT2D eigenvalue weighted by Gasteiger charge is 2.09. The van der Waals surface area contributed by atoms with E-state index < -0.39 is 0 Å². The average molecular weight is 342 g/mol. The third-order valence-electron chi connectivity index (χ3n) is 3.26. The molecule has 2 aromatic rings. The number of carbonyl (C=O) groups is 2. The summed E-state index contributed by atoms with van der Waals surface area (Å²) < 4.78 is 10.5. The predicted molar refractivity (Wildman–Crippen MR) is 96.2 cm³/mol. The average Bonchev–Trinajstić information content (AvgIpc) is 2.60. The normalized spacial score (nSPS) is 10.2. The van der Waals surface area contributed by atoms with Crippen LogP contribution in [-0.4, -0.2) is 31.6 Å². The summed E-state index contributed by atoms with van der Waals surface area (Å²) in [5.41, 5.74) is 1.03. The molecular weight excluding hydrogens is 320 g/mol. The number of benzene rings is 2. The number of amides is 2. The van der Waals surface area contributed by atoms with E-state index >= 15 is 0 Å². The first-order chi connectivity index (χ1) is 12.0. The highest BCUT2D eigenvalue weighted by Crippen LogP contribution is 2.17. The van der Waals surface area contributed by atoms with Crippen molar-refractivity contribution in [3.05, 3.63) is 54.1 Å². The van der Waals surface area contributed by atoms with E-state index in [9.17, 15) is 9.59 Å². The zero-order valence-electron chi connectivity index (χ0n) is 14.5. The first kappa shape index (κ1) is 18.3. The van der Waals surface area contributed by atoms with Crippen LogP contribution in [-0.2, 0) is 4.79 Å². The van der Waals surface area contributed by atoms with Crippen molar-refractivity contribution in [1.82, 2.24) is 5.32 Å². The molecule has 0 aliphatic rings. The molecule has 0 radical (unpaired) electrons. The molecule has 0 heterocycles. The lowest BCUT2D eigenvalue weighted by atomic mass is 10.2. The van der Waals surface area contributed by atoms with Crippen LogP contribution in [0, 0.1) is 0 Å². The van der Waals surface area contributed by atoms with Gasteiger partial charge in [0.05, 0.1) is 7.11 Å². The topological polar surface area (TPSA) is 76.7 Å². The summed E-state index contributed by atoms with van der Waals surface area (Å²) in [5.74, 6) is 0.798. The molecule has 0 aromatic heterocycles. The van der Waals surface area contributed by atoms with Crippen LogP contribution in [0.3, 0.4) is 0 Å². The van der Waals surface area contributed by atoms with Crippen LogP contribution < -0.4 is 20.1 Å². The van der Waals surface area contributed by atoms with E-state index in [0.717, 1.165) is 0 Å². The second-order valence-electron chi connectivity index (χ2n) is 5.72. The number of nitrogens with one attached hydrogen (secondary N) is 2. The Balaban J connectivity index is 1.90. The van der Waals surface area contributed by atoms with Gasteiger partial charge < -0.3 is 20.1 Å². The molecule has 0 bridgehead atoms. The number of hydrogen-bond donors (Lipinski definition) is 2. The zero-order valence-corrected chi connectivity index (χ0v) is 14.5. The summed E-state index contributed by atoms with van der Waals surface area (Å²) in [6, 6.07) is 13.8. The molecule has 0 unspecified atom stereocenters. The Bertz CT molecular complexity index is 726. The minimum absolute atomic E-state index is 0.0450. The van der Waals surface area contributed by atoms with E-state index in [2.05, 4.69) is 10.6 Å². The predicted octanol–water partition coefficient (Wildman–Crippen LogP) is 2.85. The molecule has 0 atom stereocenters. The van der Waals surface area contributed by atoms with Gasteiger partial charge in [0, 0.05) is 17.3 Å². The van der Waals surface area contributed by atoms with Crippen LogP contribution in [0.4, 0.5) is 5.69 Å². The molecule has 0 saturated heterocycles. The van der Waals surface area contributed by atoms with Crippen molar-refractivity contribution in [2.24, 2.45) is 0 Å². The maximum Gasteiger partial charge on any atom is 0.262 e. The molecular formula is C19H22N2O4. The van der Waals surface area contributed by atoms with Gasteiger partial charge in [0.15, 0.2) is 6.61 Å². The fourth-order valence-electron chi connectivity index (χ4n) is 2.10. The molecule has 2 aromatic carbocycles. The number of anilines is 1. The molecule has 0 fully saturated rings. The third kappa shape index (κ3) is 5.84. The molecule has 0 spiro atoms. The van der Waals surface area contributed by atoms with Gasteiger partial charge >= 0.3 is 0 Å². The SMILES string of the molecule is COc1ccc(OCC(=O)Nc2cccc(C(=O)NC(C)C)c2)cc1. The fourth-order valence-corrected chi connectivity index (χ4v) is 2.10. The summed E-state index contributed by atoms with van der Waals surface area (Å²) >= 11 is 0. The van der Waals surface area contributed by atoms with Crippen molar-refractivity contribution in [2.45, 2.75) is 19.9 Å². The van der Waals surface area contributed by atoms with Gasteiger partial charge in [0.2, 0.25) is 0 Å². The molecule has 2 rings (SSSR count).